The highest BCUT2D eigenvalue weighted by Crippen LogP contribution is 2.30. The lowest BCUT2D eigenvalue weighted by Crippen LogP contribution is -2.39. The van der Waals surface area contributed by atoms with E-state index < -0.39 is 33.0 Å². The SMILES string of the molecule is Cc1cc(C(=O)NCCOCCOCCOCCOCCOCCNC(=O)CCn2c(=O)c(Br)c(Br)c(=O)n2C)cc(C)c1OC(=O)c1c2ccccc2[n+](CCCS(=O)(=O)[O-])c2ccccc12. The van der Waals surface area contributed by atoms with Crippen LogP contribution in [0.2, 0.25) is 0 Å². The summed E-state index contributed by atoms with van der Waals surface area (Å²) in [7, 11) is -2.93. The zero-order valence-electron chi connectivity index (χ0n) is 38.0. The second-order valence-electron chi connectivity index (χ2n) is 15.3. The quantitative estimate of drug-likeness (QED) is 0.0182. The van der Waals surface area contributed by atoms with Gasteiger partial charge in [-0.1, -0.05) is 24.3 Å². The molecule has 0 aliphatic heterocycles. The fourth-order valence-electron chi connectivity index (χ4n) is 7.18. The Labute approximate surface area is 410 Å². The van der Waals surface area contributed by atoms with Gasteiger partial charge >= 0.3 is 5.97 Å². The minimum Gasteiger partial charge on any atom is -0.748 e. The number of hydrogen-bond acceptors (Lipinski definition) is 14. The van der Waals surface area contributed by atoms with Gasteiger partial charge in [0.25, 0.3) is 17.0 Å². The summed E-state index contributed by atoms with van der Waals surface area (Å²) >= 11 is 6.18. The number of esters is 1. The molecule has 0 radical (unpaired) electrons. The number of ether oxygens (including phenoxy) is 6. The zero-order chi connectivity index (χ0) is 49.2. The van der Waals surface area contributed by atoms with Crippen molar-refractivity contribution in [1.82, 2.24) is 20.0 Å². The van der Waals surface area contributed by atoms with Crippen molar-refractivity contribution < 1.29 is 60.3 Å². The van der Waals surface area contributed by atoms with Crippen molar-refractivity contribution in [3.8, 4) is 5.75 Å². The van der Waals surface area contributed by atoms with Crippen LogP contribution in [0.4, 0.5) is 0 Å². The lowest BCUT2D eigenvalue weighted by atomic mass is 10.0. The number of aryl methyl sites for hydroxylation is 3. The number of halogens is 2. The summed E-state index contributed by atoms with van der Waals surface area (Å²) in [6.45, 7) is 7.76. The van der Waals surface area contributed by atoms with Gasteiger partial charge < -0.3 is 43.6 Å². The van der Waals surface area contributed by atoms with Crippen molar-refractivity contribution in [3.05, 3.63) is 113 Å². The van der Waals surface area contributed by atoms with Gasteiger partial charge in [0.15, 0.2) is 6.54 Å². The molecule has 0 fully saturated rings. The third-order valence-electron chi connectivity index (χ3n) is 10.4. The molecular formula is C46H55Br2N5O14S. The van der Waals surface area contributed by atoms with Crippen LogP contribution >= 0.6 is 31.9 Å². The van der Waals surface area contributed by atoms with Crippen LogP contribution in [-0.2, 0) is 58.7 Å². The maximum absolute atomic E-state index is 14.0. The summed E-state index contributed by atoms with van der Waals surface area (Å²) in [6.07, 6.45) is 0.123. The lowest BCUT2D eigenvalue weighted by molar-refractivity contribution is -0.645. The predicted molar refractivity (Wildman–Crippen MR) is 257 cm³/mol. The average molecular weight is 1090 g/mol. The molecule has 2 amide bonds. The predicted octanol–water partition coefficient (Wildman–Crippen LogP) is 3.46. The van der Waals surface area contributed by atoms with Crippen molar-refractivity contribution in [2.75, 3.05) is 84.9 Å². The Balaban J connectivity index is 0.908. The molecule has 3 aromatic carbocycles. The minimum absolute atomic E-state index is 0.0150. The topological polar surface area (TPSA) is 236 Å². The van der Waals surface area contributed by atoms with Crippen LogP contribution in [0.15, 0.2) is 79.2 Å². The molecule has 0 saturated carbocycles. The smallest absolute Gasteiger partial charge is 0.345 e. The van der Waals surface area contributed by atoms with Crippen LogP contribution in [0.25, 0.3) is 21.8 Å². The summed E-state index contributed by atoms with van der Waals surface area (Å²) in [6, 6.07) is 17.8. The molecule has 0 bridgehead atoms. The van der Waals surface area contributed by atoms with E-state index in [0.29, 0.717) is 103 Å². The van der Waals surface area contributed by atoms with Crippen LogP contribution in [0.1, 0.15) is 44.7 Å². The van der Waals surface area contributed by atoms with Crippen molar-refractivity contribution >= 4 is 81.6 Å². The van der Waals surface area contributed by atoms with Crippen LogP contribution in [-0.4, -0.2) is 125 Å². The van der Waals surface area contributed by atoms with Crippen molar-refractivity contribution in [2.45, 2.75) is 39.8 Å². The molecular weight excluding hydrogens is 1040 g/mol. The van der Waals surface area contributed by atoms with Crippen molar-refractivity contribution in [3.63, 3.8) is 0 Å². The van der Waals surface area contributed by atoms with Gasteiger partial charge in [-0.15, -0.1) is 0 Å². The number of rotatable bonds is 28. The Hall–Kier alpha value is -4.91. The van der Waals surface area contributed by atoms with E-state index in [1.54, 1.807) is 50.2 Å². The van der Waals surface area contributed by atoms with E-state index in [1.807, 2.05) is 28.8 Å². The van der Waals surface area contributed by atoms with Crippen LogP contribution < -0.4 is 31.1 Å². The van der Waals surface area contributed by atoms with Gasteiger partial charge in [-0.2, -0.15) is 4.57 Å². The largest absolute Gasteiger partial charge is 0.748 e. The molecule has 5 rings (SSSR count). The number of amides is 2. The van der Waals surface area contributed by atoms with Gasteiger partial charge in [-0.25, -0.2) is 22.6 Å². The van der Waals surface area contributed by atoms with E-state index in [0.717, 1.165) is 4.68 Å². The molecule has 0 aliphatic carbocycles. The molecule has 0 spiro atoms. The molecule has 5 aromatic rings. The summed E-state index contributed by atoms with van der Waals surface area (Å²) in [4.78, 5) is 63.8. The molecule has 19 nitrogen and oxygen atoms in total. The van der Waals surface area contributed by atoms with Gasteiger partial charge in [0.05, 0.1) is 99.1 Å². The Bertz CT molecular complexity index is 2720. The van der Waals surface area contributed by atoms with E-state index in [-0.39, 0.29) is 73.0 Å². The number of hydrogen-bond donors (Lipinski definition) is 2. The molecule has 0 unspecified atom stereocenters. The van der Waals surface area contributed by atoms with Crippen molar-refractivity contribution in [2.24, 2.45) is 7.05 Å². The molecule has 2 N–H and O–H groups in total. The van der Waals surface area contributed by atoms with E-state index >= 15 is 0 Å². The summed E-state index contributed by atoms with van der Waals surface area (Å²) in [5.74, 6) is -1.36. The minimum atomic E-state index is -4.39. The van der Waals surface area contributed by atoms with Gasteiger partial charge in [-0.3, -0.25) is 19.2 Å². The summed E-state index contributed by atoms with van der Waals surface area (Å²) < 4.78 is 72.0. The summed E-state index contributed by atoms with van der Waals surface area (Å²) in [5, 5.41) is 6.76. The van der Waals surface area contributed by atoms with Crippen LogP contribution in [0.5, 0.6) is 5.75 Å². The molecule has 2 heterocycles. The molecule has 0 atom stereocenters. The van der Waals surface area contributed by atoms with E-state index in [1.165, 1.54) is 11.7 Å². The monoisotopic (exact) mass is 1090 g/mol. The number of benzene rings is 3. The highest BCUT2D eigenvalue weighted by Gasteiger charge is 2.26. The first-order chi connectivity index (χ1) is 32.6. The van der Waals surface area contributed by atoms with Gasteiger partial charge in [-0.05, 0) is 81.1 Å². The standard InChI is InChI=1S/C46H55Br2N5O14S/c1-31-29-33(30-32(2)42(31)67-46(58)39-34-9-4-6-11-36(34)52(16-8-28-68(59,60)61)37-12-7-5-10-35(37)39)43(55)50-15-19-63-21-23-65-25-27-66-26-24-64-22-20-62-18-14-49-38(54)13-17-53-45(57)41(48)40(47)44(56)51(53)3/h4-7,9-12,29-30H,8,13-28H2,1-3H3,(H2-,49,50,54,55,59,60,61). The van der Waals surface area contributed by atoms with Gasteiger partial charge in [0.2, 0.25) is 16.9 Å². The molecule has 22 heteroatoms. The highest BCUT2D eigenvalue weighted by molar-refractivity contribution is 9.13. The number of fused-ring (bicyclic) bond motifs is 2. The third kappa shape index (κ3) is 15.6. The number of pyridine rings is 1. The normalized spacial score (nSPS) is 11.6. The van der Waals surface area contributed by atoms with Gasteiger partial charge in [0.1, 0.15) is 14.7 Å². The van der Waals surface area contributed by atoms with E-state index in [9.17, 15) is 36.9 Å². The first-order valence-corrected chi connectivity index (χ1v) is 24.9. The van der Waals surface area contributed by atoms with E-state index in [4.69, 9.17) is 28.4 Å². The second kappa shape index (κ2) is 26.7. The number of aromatic nitrogens is 3. The van der Waals surface area contributed by atoms with Gasteiger partial charge in [0, 0.05) is 56.4 Å². The van der Waals surface area contributed by atoms with Crippen LogP contribution in [0.3, 0.4) is 0 Å². The first-order valence-electron chi connectivity index (χ1n) is 21.8. The second-order valence-corrected chi connectivity index (χ2v) is 18.4. The molecule has 0 saturated heterocycles. The Morgan fingerprint density at radius 3 is 1.69 bits per heavy atom. The number of nitrogens with one attached hydrogen (secondary N) is 2. The fourth-order valence-corrected chi connectivity index (χ4v) is 8.46. The first kappa shape index (κ1) is 54.0. The highest BCUT2D eigenvalue weighted by atomic mass is 79.9. The fraction of sp³-hybridized carbons (Fsp3) is 0.435. The number of nitrogens with zero attached hydrogens (tertiary/aromatic N) is 3. The molecule has 0 aliphatic rings. The Morgan fingerprint density at radius 2 is 1.18 bits per heavy atom. The Morgan fingerprint density at radius 1 is 0.706 bits per heavy atom. The maximum atomic E-state index is 14.0. The lowest BCUT2D eigenvalue weighted by Gasteiger charge is -2.15. The molecule has 68 heavy (non-hydrogen) atoms. The molecule has 2 aromatic heterocycles. The van der Waals surface area contributed by atoms with E-state index in [2.05, 4.69) is 42.5 Å². The average Bonchev–Trinajstić information content (AvgIpc) is 3.31. The third-order valence-corrected chi connectivity index (χ3v) is 13.2. The molecule has 368 valence electrons. The Kier molecular flexibility index (Phi) is 21.2. The zero-order valence-corrected chi connectivity index (χ0v) is 42.0. The number of para-hydroxylation sites is 2. The van der Waals surface area contributed by atoms with Crippen LogP contribution in [0, 0.1) is 13.8 Å². The maximum Gasteiger partial charge on any atom is 0.345 e. The summed E-state index contributed by atoms with van der Waals surface area (Å²) in [5.41, 5.74) is 2.46. The number of carbonyl (C=O) groups is 3. The van der Waals surface area contributed by atoms with Crippen molar-refractivity contribution in [1.29, 1.82) is 0 Å². The number of carbonyl (C=O) groups excluding carboxylic acids is 3.